The van der Waals surface area contributed by atoms with Crippen molar-refractivity contribution in [2.75, 3.05) is 0 Å². The summed E-state index contributed by atoms with van der Waals surface area (Å²) in [6.07, 6.45) is -0.263. The molecular formula is C14H16N2O5S2. The van der Waals surface area contributed by atoms with Crippen molar-refractivity contribution < 1.29 is 22.5 Å². The molecule has 0 bridgehead atoms. The van der Waals surface area contributed by atoms with E-state index in [0.717, 1.165) is 4.88 Å². The normalized spacial score (nSPS) is 11.4. The standard InChI is InChI=1S/C14H16N2O5S2/c1-8-4-6-12(22-8)11(17)5-7-13(18)16-23(19,20)14-9(2)15-21-10(14)3/h4,6H,5,7H2,1-3H3,(H,16,18). The largest absolute Gasteiger partial charge is 0.360 e. The Balaban J connectivity index is 1.98. The van der Waals surface area contributed by atoms with Gasteiger partial charge in [-0.3, -0.25) is 9.59 Å². The molecule has 2 rings (SSSR count). The van der Waals surface area contributed by atoms with Crippen LogP contribution >= 0.6 is 11.3 Å². The van der Waals surface area contributed by atoms with E-state index in [0.29, 0.717) is 4.88 Å². The van der Waals surface area contributed by atoms with Gasteiger partial charge in [-0.15, -0.1) is 11.3 Å². The highest BCUT2D eigenvalue weighted by Crippen LogP contribution is 2.19. The number of carbonyl (C=O) groups is 2. The number of carbonyl (C=O) groups excluding carboxylic acids is 2. The molecule has 0 atom stereocenters. The first-order valence-electron chi connectivity index (χ1n) is 6.79. The summed E-state index contributed by atoms with van der Waals surface area (Å²) in [4.78, 5) is 25.2. The number of hydrogen-bond donors (Lipinski definition) is 1. The van der Waals surface area contributed by atoms with E-state index >= 15 is 0 Å². The number of hydrogen-bond acceptors (Lipinski definition) is 7. The Labute approximate surface area is 137 Å². The monoisotopic (exact) mass is 356 g/mol. The Bertz CT molecular complexity index is 829. The van der Waals surface area contributed by atoms with Gasteiger partial charge in [-0.1, -0.05) is 5.16 Å². The van der Waals surface area contributed by atoms with Crippen LogP contribution < -0.4 is 4.72 Å². The van der Waals surface area contributed by atoms with Crippen molar-refractivity contribution in [1.82, 2.24) is 9.88 Å². The number of ketones is 1. The zero-order valence-electron chi connectivity index (χ0n) is 12.9. The van der Waals surface area contributed by atoms with Crippen LogP contribution in [-0.4, -0.2) is 25.3 Å². The van der Waals surface area contributed by atoms with Crippen molar-refractivity contribution in [3.8, 4) is 0 Å². The maximum Gasteiger partial charge on any atom is 0.269 e. The molecule has 0 radical (unpaired) electrons. The lowest BCUT2D eigenvalue weighted by Crippen LogP contribution is -2.31. The minimum Gasteiger partial charge on any atom is -0.360 e. The van der Waals surface area contributed by atoms with Gasteiger partial charge in [0.1, 0.15) is 5.69 Å². The van der Waals surface area contributed by atoms with Gasteiger partial charge in [-0.05, 0) is 32.9 Å². The first kappa shape index (κ1) is 17.4. The van der Waals surface area contributed by atoms with Crippen molar-refractivity contribution in [1.29, 1.82) is 0 Å². The predicted octanol–water partition coefficient (Wildman–Crippen LogP) is 2.13. The van der Waals surface area contributed by atoms with E-state index in [1.165, 1.54) is 25.2 Å². The number of amides is 1. The van der Waals surface area contributed by atoms with Gasteiger partial charge < -0.3 is 4.52 Å². The summed E-state index contributed by atoms with van der Waals surface area (Å²) < 4.78 is 31.0. The molecule has 0 aliphatic rings. The number of thiophene rings is 1. The van der Waals surface area contributed by atoms with Crippen molar-refractivity contribution in [3.05, 3.63) is 33.3 Å². The van der Waals surface area contributed by atoms with Crippen LogP contribution in [0.3, 0.4) is 0 Å². The third kappa shape index (κ3) is 4.05. The van der Waals surface area contributed by atoms with Gasteiger partial charge in [0, 0.05) is 17.7 Å². The average molecular weight is 356 g/mol. The number of nitrogens with one attached hydrogen (secondary N) is 1. The van der Waals surface area contributed by atoms with Gasteiger partial charge in [0.15, 0.2) is 16.4 Å². The van der Waals surface area contributed by atoms with Crippen LogP contribution in [0.4, 0.5) is 0 Å². The van der Waals surface area contributed by atoms with Crippen molar-refractivity contribution in [3.63, 3.8) is 0 Å². The molecule has 124 valence electrons. The maximum absolute atomic E-state index is 12.1. The van der Waals surface area contributed by atoms with Crippen molar-refractivity contribution in [2.45, 2.75) is 38.5 Å². The predicted molar refractivity (Wildman–Crippen MR) is 83.9 cm³/mol. The second-order valence-electron chi connectivity index (χ2n) is 5.02. The molecule has 2 heterocycles. The second kappa shape index (κ2) is 6.63. The lowest BCUT2D eigenvalue weighted by Gasteiger charge is -2.05. The quantitative estimate of drug-likeness (QED) is 0.795. The van der Waals surface area contributed by atoms with Crippen molar-refractivity contribution >= 4 is 33.1 Å². The number of sulfonamides is 1. The summed E-state index contributed by atoms with van der Waals surface area (Å²) in [5, 5.41) is 3.55. The lowest BCUT2D eigenvalue weighted by atomic mass is 10.2. The van der Waals surface area contributed by atoms with Gasteiger partial charge in [-0.25, -0.2) is 13.1 Å². The molecular weight excluding hydrogens is 340 g/mol. The third-order valence-corrected chi connectivity index (χ3v) is 5.74. The Morgan fingerprint density at radius 3 is 2.43 bits per heavy atom. The topological polar surface area (TPSA) is 106 Å². The summed E-state index contributed by atoms with van der Waals surface area (Å²) in [6.45, 7) is 4.80. The molecule has 1 amide bonds. The van der Waals surface area contributed by atoms with E-state index < -0.39 is 15.9 Å². The van der Waals surface area contributed by atoms with Crippen molar-refractivity contribution in [2.24, 2.45) is 0 Å². The summed E-state index contributed by atoms with van der Waals surface area (Å²) in [5.41, 5.74) is 0.174. The van der Waals surface area contributed by atoms with Crippen LogP contribution in [0.15, 0.2) is 21.6 Å². The molecule has 0 saturated heterocycles. The molecule has 0 saturated carbocycles. The molecule has 0 aliphatic carbocycles. The summed E-state index contributed by atoms with van der Waals surface area (Å²) in [6, 6.07) is 3.51. The number of nitrogens with zero attached hydrogens (tertiary/aromatic N) is 1. The lowest BCUT2D eigenvalue weighted by molar-refractivity contribution is -0.119. The zero-order valence-corrected chi connectivity index (χ0v) is 14.5. The van der Waals surface area contributed by atoms with E-state index in [4.69, 9.17) is 4.52 Å². The number of aromatic nitrogens is 1. The third-order valence-electron chi connectivity index (χ3n) is 3.08. The highest BCUT2D eigenvalue weighted by molar-refractivity contribution is 7.90. The van der Waals surface area contributed by atoms with Crippen LogP contribution in [0.25, 0.3) is 0 Å². The summed E-state index contributed by atoms with van der Waals surface area (Å²) >= 11 is 1.34. The molecule has 0 aliphatic heterocycles. The zero-order chi connectivity index (χ0) is 17.2. The minimum absolute atomic E-state index is 0.0527. The van der Waals surface area contributed by atoms with Crippen LogP contribution in [0.2, 0.25) is 0 Å². The van der Waals surface area contributed by atoms with Gasteiger partial charge in [0.05, 0.1) is 4.88 Å². The minimum atomic E-state index is -4.05. The molecule has 9 heteroatoms. The van der Waals surface area contributed by atoms with E-state index in [-0.39, 0.29) is 35.0 Å². The fourth-order valence-electron chi connectivity index (χ4n) is 2.04. The molecule has 2 aromatic rings. The molecule has 0 aromatic carbocycles. The van der Waals surface area contributed by atoms with Gasteiger partial charge in [-0.2, -0.15) is 0 Å². The smallest absolute Gasteiger partial charge is 0.269 e. The Hall–Kier alpha value is -2.00. The molecule has 7 nitrogen and oxygen atoms in total. The van der Waals surface area contributed by atoms with E-state index in [1.807, 2.05) is 17.7 Å². The van der Waals surface area contributed by atoms with Crippen LogP contribution in [0.1, 0.15) is 38.8 Å². The molecule has 0 fully saturated rings. The van der Waals surface area contributed by atoms with Gasteiger partial charge in [0.2, 0.25) is 5.91 Å². The number of rotatable bonds is 6. The number of aryl methyl sites for hydroxylation is 3. The van der Waals surface area contributed by atoms with Gasteiger partial charge in [0.25, 0.3) is 10.0 Å². The molecule has 23 heavy (non-hydrogen) atoms. The SMILES string of the molecule is Cc1ccc(C(=O)CCC(=O)NS(=O)(=O)c2c(C)noc2C)s1. The average Bonchev–Trinajstić information content (AvgIpc) is 3.02. The highest BCUT2D eigenvalue weighted by Gasteiger charge is 2.26. The molecule has 0 spiro atoms. The van der Waals surface area contributed by atoms with Crippen LogP contribution in [-0.2, 0) is 14.8 Å². The van der Waals surface area contributed by atoms with Crippen LogP contribution in [0, 0.1) is 20.8 Å². The second-order valence-corrected chi connectivity index (χ2v) is 7.92. The van der Waals surface area contributed by atoms with E-state index in [2.05, 4.69) is 5.16 Å². The Kier molecular flexibility index (Phi) is 5.00. The molecule has 0 unspecified atom stereocenters. The Morgan fingerprint density at radius 1 is 1.22 bits per heavy atom. The van der Waals surface area contributed by atoms with Crippen LogP contribution in [0.5, 0.6) is 0 Å². The van der Waals surface area contributed by atoms with E-state index in [1.54, 1.807) is 6.07 Å². The Morgan fingerprint density at radius 2 is 1.91 bits per heavy atom. The summed E-state index contributed by atoms with van der Waals surface area (Å²) in [7, 11) is -4.05. The number of Topliss-reactive ketones (excluding diaryl/α,β-unsaturated/α-hetero) is 1. The maximum atomic E-state index is 12.1. The first-order valence-corrected chi connectivity index (χ1v) is 9.09. The molecule has 2 aromatic heterocycles. The first-order chi connectivity index (χ1) is 10.7. The summed E-state index contributed by atoms with van der Waals surface area (Å²) in [5.74, 6) is -0.826. The fraction of sp³-hybridized carbons (Fsp3) is 0.357. The highest BCUT2D eigenvalue weighted by atomic mass is 32.2. The fourth-order valence-corrected chi connectivity index (χ4v) is 4.23. The van der Waals surface area contributed by atoms with E-state index in [9.17, 15) is 18.0 Å². The van der Waals surface area contributed by atoms with Gasteiger partial charge >= 0.3 is 0 Å². The molecule has 1 N–H and O–H groups in total.